The average molecular weight is 868 g/mol. The minimum absolute atomic E-state index is 0.274. The summed E-state index contributed by atoms with van der Waals surface area (Å²) in [7, 11) is 0. The molecule has 0 saturated carbocycles. The molecule has 68 heavy (non-hydrogen) atoms. The first-order valence-corrected chi connectivity index (χ1v) is 23.5. The molecule has 1 aromatic heterocycles. The fourth-order valence-electron chi connectivity index (χ4n) is 11.1. The van der Waals surface area contributed by atoms with E-state index < -0.39 is 0 Å². The third-order valence-electron chi connectivity index (χ3n) is 14.4. The maximum atomic E-state index is 6.60. The summed E-state index contributed by atoms with van der Waals surface area (Å²) in [6.07, 6.45) is 0. The predicted molar refractivity (Wildman–Crippen MR) is 285 cm³/mol. The predicted octanol–water partition coefficient (Wildman–Crippen LogP) is 18.2. The van der Waals surface area contributed by atoms with Gasteiger partial charge in [-0.3, -0.25) is 0 Å². The fourth-order valence-corrected chi connectivity index (χ4v) is 11.1. The third-order valence-corrected chi connectivity index (χ3v) is 14.4. The maximum Gasteiger partial charge on any atom is 0.143 e. The van der Waals surface area contributed by atoms with E-state index in [4.69, 9.17) is 4.42 Å². The molecule has 1 unspecified atom stereocenters. The van der Waals surface area contributed by atoms with Crippen LogP contribution in [0.1, 0.15) is 23.6 Å². The lowest BCUT2D eigenvalue weighted by atomic mass is 9.74. The molecule has 320 valence electrons. The van der Waals surface area contributed by atoms with E-state index in [1.807, 2.05) is 6.07 Å². The largest absolute Gasteiger partial charge is 0.455 e. The number of rotatable bonds is 8. The monoisotopic (exact) mass is 867 g/mol. The second kappa shape index (κ2) is 16.0. The van der Waals surface area contributed by atoms with Gasteiger partial charge in [-0.2, -0.15) is 0 Å². The van der Waals surface area contributed by atoms with Crippen LogP contribution in [0.5, 0.6) is 0 Å². The molecule has 1 aliphatic rings. The molecule has 0 aliphatic heterocycles. The van der Waals surface area contributed by atoms with Crippen LogP contribution in [0.15, 0.2) is 259 Å². The molecule has 2 heteroatoms. The van der Waals surface area contributed by atoms with Crippen LogP contribution in [-0.2, 0) is 5.41 Å². The quantitative estimate of drug-likeness (QED) is 0.151. The van der Waals surface area contributed by atoms with Gasteiger partial charge >= 0.3 is 0 Å². The van der Waals surface area contributed by atoms with Gasteiger partial charge in [0.05, 0.1) is 5.69 Å². The molecule has 13 rings (SSSR count). The lowest BCUT2D eigenvalue weighted by Gasteiger charge is -2.29. The Kier molecular flexibility index (Phi) is 9.33. The first-order valence-electron chi connectivity index (χ1n) is 23.5. The summed E-state index contributed by atoms with van der Waals surface area (Å²) in [4.78, 5) is 2.43. The summed E-state index contributed by atoms with van der Waals surface area (Å²) < 4.78 is 6.60. The van der Waals surface area contributed by atoms with Gasteiger partial charge in [-0.05, 0) is 121 Å². The van der Waals surface area contributed by atoms with Crippen LogP contribution in [0.25, 0.3) is 88.3 Å². The van der Waals surface area contributed by atoms with E-state index in [1.165, 1.54) is 66.4 Å². The van der Waals surface area contributed by atoms with Crippen molar-refractivity contribution in [2.75, 3.05) is 4.90 Å². The zero-order valence-corrected chi connectivity index (χ0v) is 37.6. The van der Waals surface area contributed by atoms with Crippen molar-refractivity contribution in [3.05, 3.63) is 271 Å². The van der Waals surface area contributed by atoms with Gasteiger partial charge in [-0.25, -0.2) is 0 Å². The van der Waals surface area contributed by atoms with Gasteiger partial charge in [0.15, 0.2) is 0 Å². The van der Waals surface area contributed by atoms with E-state index in [-0.39, 0.29) is 5.41 Å². The minimum Gasteiger partial charge on any atom is -0.455 e. The topological polar surface area (TPSA) is 16.4 Å². The Hall–Kier alpha value is -8.72. The van der Waals surface area contributed by atoms with Crippen molar-refractivity contribution in [3.8, 4) is 55.6 Å². The second-order valence-corrected chi connectivity index (χ2v) is 18.1. The summed E-state index contributed by atoms with van der Waals surface area (Å²) in [5.41, 5.74) is 20.6. The molecular formula is C66H45NO. The fraction of sp³-hybridized carbons (Fsp3) is 0.0303. The van der Waals surface area contributed by atoms with Gasteiger partial charge in [0.25, 0.3) is 0 Å². The van der Waals surface area contributed by atoms with Gasteiger partial charge in [-0.15, -0.1) is 0 Å². The Balaban J connectivity index is 0.980. The number of fused-ring (bicyclic) bond motifs is 7. The van der Waals surface area contributed by atoms with Crippen LogP contribution in [0, 0.1) is 0 Å². The number of nitrogens with zero attached hydrogens (tertiary/aromatic N) is 1. The highest BCUT2D eigenvalue weighted by atomic mass is 16.3. The van der Waals surface area contributed by atoms with E-state index in [1.54, 1.807) is 0 Å². The lowest BCUT2D eigenvalue weighted by molar-refractivity contribution is 0.670. The van der Waals surface area contributed by atoms with Gasteiger partial charge in [-0.1, -0.05) is 212 Å². The van der Waals surface area contributed by atoms with Crippen molar-refractivity contribution < 1.29 is 4.42 Å². The van der Waals surface area contributed by atoms with Crippen LogP contribution in [0.2, 0.25) is 0 Å². The van der Waals surface area contributed by atoms with Crippen molar-refractivity contribution in [2.45, 2.75) is 12.3 Å². The Morgan fingerprint density at radius 1 is 0.353 bits per heavy atom. The maximum absolute atomic E-state index is 6.60. The first-order chi connectivity index (χ1) is 33.6. The van der Waals surface area contributed by atoms with Crippen molar-refractivity contribution in [2.24, 2.45) is 0 Å². The van der Waals surface area contributed by atoms with E-state index in [2.05, 4.69) is 261 Å². The van der Waals surface area contributed by atoms with Gasteiger partial charge in [0.1, 0.15) is 11.2 Å². The van der Waals surface area contributed by atoms with Crippen molar-refractivity contribution in [3.63, 3.8) is 0 Å². The Morgan fingerprint density at radius 2 is 0.956 bits per heavy atom. The summed E-state index contributed by atoms with van der Waals surface area (Å²) in [5, 5.41) is 4.68. The van der Waals surface area contributed by atoms with Crippen LogP contribution in [0.4, 0.5) is 17.1 Å². The Bertz CT molecular complexity index is 3860. The smallest absolute Gasteiger partial charge is 0.143 e. The SMILES string of the molecule is CC1(c2ccccc2)c2ccccc2-c2ccc(-c3ccc(N(c4cccc(-c5cccc6c5oc5ccccc56)c4)c4ccccc4-c4cccc5cccc(-c6ccccc6)c45)cc3)cc21. The highest BCUT2D eigenvalue weighted by Crippen LogP contribution is 2.53. The molecule has 1 heterocycles. The van der Waals surface area contributed by atoms with Crippen molar-refractivity contribution >= 4 is 49.8 Å². The van der Waals surface area contributed by atoms with Crippen molar-refractivity contribution in [1.82, 2.24) is 0 Å². The lowest BCUT2D eigenvalue weighted by Crippen LogP contribution is -2.22. The van der Waals surface area contributed by atoms with E-state index in [0.29, 0.717) is 0 Å². The molecule has 0 saturated heterocycles. The molecule has 2 nitrogen and oxygen atoms in total. The molecular weight excluding hydrogens is 823 g/mol. The molecule has 0 amide bonds. The molecule has 1 aliphatic carbocycles. The molecule has 11 aromatic carbocycles. The van der Waals surface area contributed by atoms with E-state index in [9.17, 15) is 0 Å². The Labute approximate surface area is 396 Å². The minimum atomic E-state index is -0.274. The Morgan fingerprint density at radius 3 is 1.79 bits per heavy atom. The number of benzene rings is 11. The number of hydrogen-bond acceptors (Lipinski definition) is 2. The van der Waals surface area contributed by atoms with Crippen molar-refractivity contribution in [1.29, 1.82) is 0 Å². The normalized spacial score (nSPS) is 14.0. The van der Waals surface area contributed by atoms with Gasteiger partial charge < -0.3 is 9.32 Å². The number of anilines is 3. The summed E-state index contributed by atoms with van der Waals surface area (Å²) >= 11 is 0. The van der Waals surface area contributed by atoms with Crippen LogP contribution < -0.4 is 4.90 Å². The zero-order chi connectivity index (χ0) is 45.2. The zero-order valence-electron chi connectivity index (χ0n) is 37.6. The van der Waals surface area contributed by atoms with Gasteiger partial charge in [0, 0.05) is 38.7 Å². The molecule has 1 atom stereocenters. The van der Waals surface area contributed by atoms with Gasteiger partial charge in [0.2, 0.25) is 0 Å². The summed E-state index contributed by atoms with van der Waals surface area (Å²) in [5.74, 6) is 0. The molecule has 0 N–H and O–H groups in total. The first kappa shape index (κ1) is 39.6. The second-order valence-electron chi connectivity index (χ2n) is 18.1. The average Bonchev–Trinajstić information content (AvgIpc) is 3.92. The van der Waals surface area contributed by atoms with Crippen LogP contribution in [0.3, 0.4) is 0 Å². The molecule has 0 spiro atoms. The molecule has 12 aromatic rings. The summed E-state index contributed by atoms with van der Waals surface area (Å²) in [6.45, 7) is 2.39. The highest BCUT2D eigenvalue weighted by Gasteiger charge is 2.40. The van der Waals surface area contributed by atoms with E-state index in [0.717, 1.165) is 55.7 Å². The number of furan rings is 1. The number of para-hydroxylation sites is 3. The third kappa shape index (κ3) is 6.33. The molecule has 0 bridgehead atoms. The van der Waals surface area contributed by atoms with Crippen LogP contribution >= 0.6 is 0 Å². The standard InChI is InChI=1S/C66H45NO/c1-66(49-23-6-3-7-24-49)60-33-11-8-26-54(60)55-41-38-47(43-61(55)66)44-36-39-50(40-37-44)67(51-25-14-22-48(42-51)53-30-17-32-59-57-28-10-13-35-63(57)68-65(53)59)62-34-12-9-27-56(62)58-31-16-21-46-20-15-29-52(64(46)58)45-18-4-2-5-19-45/h2-43H,1H3. The highest BCUT2D eigenvalue weighted by molar-refractivity contribution is 6.11. The van der Waals surface area contributed by atoms with E-state index >= 15 is 0 Å². The molecule has 0 radical (unpaired) electrons. The van der Waals surface area contributed by atoms with Crippen LogP contribution in [-0.4, -0.2) is 0 Å². The summed E-state index contributed by atoms with van der Waals surface area (Å²) in [6, 6.07) is 92.8. The number of hydrogen-bond donors (Lipinski definition) is 0. The molecule has 0 fully saturated rings.